The third-order valence-electron chi connectivity index (χ3n) is 7.23. The summed E-state index contributed by atoms with van der Waals surface area (Å²) in [7, 11) is 1.71. The summed E-state index contributed by atoms with van der Waals surface area (Å²) in [6.45, 7) is 0. The maximum atomic E-state index is 13.9. The van der Waals surface area contributed by atoms with Gasteiger partial charge in [-0.15, -0.1) is 0 Å². The predicted molar refractivity (Wildman–Crippen MR) is 141 cm³/mol. The van der Waals surface area contributed by atoms with Crippen molar-refractivity contribution in [2.24, 2.45) is 10.9 Å². The number of para-hydroxylation sites is 1. The molecule has 186 valence electrons. The smallest absolute Gasteiger partial charge is 0.311 e. The largest absolute Gasteiger partial charge is 0.321 e. The summed E-state index contributed by atoms with van der Waals surface area (Å²) in [6, 6.07) is 13.7. The van der Waals surface area contributed by atoms with Gasteiger partial charge >= 0.3 is 6.03 Å². The van der Waals surface area contributed by atoms with E-state index in [4.69, 9.17) is 4.99 Å². The number of thioether (sulfide) groups is 1. The molecule has 2 aromatic carbocycles. The molecule has 36 heavy (non-hydrogen) atoms. The number of amides is 3. The molecular weight excluding hydrogens is 476 g/mol. The number of aliphatic imine (C=N–C) groups is 1. The molecule has 0 bridgehead atoms. The van der Waals surface area contributed by atoms with Crippen molar-refractivity contribution in [3.8, 4) is 0 Å². The number of Topliss-reactive ketones (excluding diaryl/α,β-unsaturated/α-hetero) is 1. The minimum atomic E-state index is -1.44. The monoisotopic (exact) mass is 504 g/mol. The second-order valence-corrected chi connectivity index (χ2v) is 10.5. The molecule has 8 nitrogen and oxygen atoms in total. The van der Waals surface area contributed by atoms with Crippen molar-refractivity contribution in [2.45, 2.75) is 43.7 Å². The van der Waals surface area contributed by atoms with Crippen LogP contribution in [0.1, 0.15) is 49.1 Å². The number of carbonyl (C=O) groups is 4. The summed E-state index contributed by atoms with van der Waals surface area (Å²) in [4.78, 5) is 57.9. The number of benzodiazepines with no additional fused rings is 1. The van der Waals surface area contributed by atoms with Crippen LogP contribution in [0.3, 0.4) is 0 Å². The molecule has 0 aromatic heterocycles. The van der Waals surface area contributed by atoms with Crippen LogP contribution in [-0.2, 0) is 14.4 Å². The van der Waals surface area contributed by atoms with Crippen LogP contribution in [0.2, 0.25) is 0 Å². The average molecular weight is 505 g/mol. The first-order valence-corrected chi connectivity index (χ1v) is 13.2. The highest BCUT2D eigenvalue weighted by Crippen LogP contribution is 2.38. The molecule has 9 heteroatoms. The maximum absolute atomic E-state index is 13.9. The first kappa shape index (κ1) is 24.2. The lowest BCUT2D eigenvalue weighted by Gasteiger charge is -2.40. The topological polar surface area (TPSA) is 108 Å². The first-order chi connectivity index (χ1) is 17.4. The van der Waals surface area contributed by atoms with Crippen molar-refractivity contribution in [3.05, 3.63) is 59.7 Å². The van der Waals surface area contributed by atoms with Gasteiger partial charge in [0.05, 0.1) is 11.4 Å². The second-order valence-electron chi connectivity index (χ2n) is 9.49. The number of carbonyl (C=O) groups excluding carboxylic acids is 4. The van der Waals surface area contributed by atoms with E-state index in [1.54, 1.807) is 42.4 Å². The van der Waals surface area contributed by atoms with Crippen molar-refractivity contribution in [2.75, 3.05) is 23.0 Å². The van der Waals surface area contributed by atoms with E-state index in [0.717, 1.165) is 55.1 Å². The number of rotatable bonds is 4. The molecule has 2 aromatic rings. The number of fused-ring (bicyclic) bond motifs is 1. The van der Waals surface area contributed by atoms with Gasteiger partial charge in [0.25, 0.3) is 5.91 Å². The van der Waals surface area contributed by atoms with Crippen LogP contribution in [0.4, 0.5) is 16.2 Å². The van der Waals surface area contributed by atoms with Crippen LogP contribution in [-0.4, -0.2) is 47.5 Å². The predicted octanol–water partition coefficient (Wildman–Crippen LogP) is 4.11. The number of hydrogen-bond acceptors (Lipinski definition) is 6. The van der Waals surface area contributed by atoms with Gasteiger partial charge in [0.15, 0.2) is 5.78 Å². The molecule has 2 unspecified atom stereocenters. The molecule has 2 N–H and O–H groups in total. The second kappa shape index (κ2) is 9.89. The van der Waals surface area contributed by atoms with Gasteiger partial charge in [0.2, 0.25) is 10.8 Å². The van der Waals surface area contributed by atoms with E-state index in [1.165, 1.54) is 0 Å². The molecule has 5 rings (SSSR count). The summed E-state index contributed by atoms with van der Waals surface area (Å²) in [6.07, 6.45) is 6.29. The fourth-order valence-electron chi connectivity index (χ4n) is 5.38. The SMILES string of the molecule is CN1C(=O)C(NC(=O)Nc2cccc(C3C(=O)CSC3=O)c2)(C2CCCCC2)N=Cc2ccccc21. The molecular formula is C27H28N4O4S. The number of hydrogen-bond donors (Lipinski definition) is 2. The average Bonchev–Trinajstić information content (AvgIpc) is 3.19. The van der Waals surface area contributed by atoms with Crippen molar-refractivity contribution in [3.63, 3.8) is 0 Å². The van der Waals surface area contributed by atoms with Gasteiger partial charge in [-0.3, -0.25) is 19.4 Å². The Balaban J connectivity index is 1.43. The number of nitrogens with one attached hydrogen (secondary N) is 2. The van der Waals surface area contributed by atoms with Crippen molar-refractivity contribution < 1.29 is 19.2 Å². The Morgan fingerprint density at radius 2 is 1.83 bits per heavy atom. The van der Waals surface area contributed by atoms with Gasteiger partial charge < -0.3 is 15.5 Å². The van der Waals surface area contributed by atoms with Gasteiger partial charge in [-0.2, -0.15) is 0 Å². The minimum Gasteiger partial charge on any atom is -0.311 e. The molecule has 0 radical (unpaired) electrons. The summed E-state index contributed by atoms with van der Waals surface area (Å²) in [5.41, 5.74) is 1.09. The van der Waals surface area contributed by atoms with E-state index in [1.807, 2.05) is 24.3 Å². The highest BCUT2D eigenvalue weighted by molar-refractivity contribution is 8.15. The molecule has 3 amide bonds. The van der Waals surface area contributed by atoms with E-state index in [9.17, 15) is 19.2 Å². The summed E-state index contributed by atoms with van der Waals surface area (Å²) < 4.78 is 0. The van der Waals surface area contributed by atoms with Crippen molar-refractivity contribution in [1.29, 1.82) is 0 Å². The molecule has 1 saturated heterocycles. The van der Waals surface area contributed by atoms with E-state index >= 15 is 0 Å². The lowest BCUT2D eigenvalue weighted by atomic mass is 9.79. The number of nitrogens with zero attached hydrogens (tertiary/aromatic N) is 2. The molecule has 2 aliphatic heterocycles. The number of ketones is 1. The third-order valence-corrected chi connectivity index (χ3v) is 8.18. The normalized spacial score (nSPS) is 24.4. The van der Waals surface area contributed by atoms with E-state index in [0.29, 0.717) is 11.3 Å². The molecule has 1 saturated carbocycles. The fraction of sp³-hybridized carbons (Fsp3) is 0.370. The van der Waals surface area contributed by atoms with Crippen LogP contribution in [0.5, 0.6) is 0 Å². The van der Waals surface area contributed by atoms with Gasteiger partial charge in [-0.1, -0.05) is 61.4 Å². The molecule has 2 heterocycles. The maximum Gasteiger partial charge on any atom is 0.321 e. The fourth-order valence-corrected chi connectivity index (χ4v) is 6.26. The van der Waals surface area contributed by atoms with Crippen LogP contribution in [0.25, 0.3) is 0 Å². The van der Waals surface area contributed by atoms with Crippen LogP contribution in [0, 0.1) is 5.92 Å². The molecule has 2 atom stereocenters. The number of urea groups is 1. The number of likely N-dealkylation sites (N-methyl/N-ethyl adjacent to an activating group) is 1. The quantitative estimate of drug-likeness (QED) is 0.610. The van der Waals surface area contributed by atoms with Gasteiger partial charge in [0, 0.05) is 30.4 Å². The van der Waals surface area contributed by atoms with Crippen LogP contribution in [0.15, 0.2) is 53.5 Å². The summed E-state index contributed by atoms with van der Waals surface area (Å²) >= 11 is 1.02. The Kier molecular flexibility index (Phi) is 6.66. The van der Waals surface area contributed by atoms with Crippen molar-refractivity contribution >= 4 is 52.2 Å². The Bertz CT molecular complexity index is 1240. The lowest BCUT2D eigenvalue weighted by molar-refractivity contribution is -0.126. The zero-order valence-electron chi connectivity index (χ0n) is 20.0. The Morgan fingerprint density at radius 3 is 2.58 bits per heavy atom. The van der Waals surface area contributed by atoms with Crippen LogP contribution < -0.4 is 15.5 Å². The number of anilines is 2. The third kappa shape index (κ3) is 4.43. The highest BCUT2D eigenvalue weighted by Gasteiger charge is 2.50. The highest BCUT2D eigenvalue weighted by atomic mass is 32.2. The van der Waals surface area contributed by atoms with E-state index < -0.39 is 17.6 Å². The van der Waals surface area contributed by atoms with Gasteiger partial charge in [-0.25, -0.2) is 4.79 Å². The Hall–Kier alpha value is -3.46. The summed E-state index contributed by atoms with van der Waals surface area (Å²) in [5.74, 6) is -1.20. The van der Waals surface area contributed by atoms with Crippen LogP contribution >= 0.6 is 11.8 Å². The summed E-state index contributed by atoms with van der Waals surface area (Å²) in [5, 5.41) is 5.55. The first-order valence-electron chi connectivity index (χ1n) is 12.2. The molecule has 3 aliphatic rings. The van der Waals surface area contributed by atoms with E-state index in [-0.39, 0.29) is 28.5 Å². The Labute approximate surface area is 213 Å². The molecule has 2 fully saturated rings. The van der Waals surface area contributed by atoms with Gasteiger partial charge in [-0.05, 0) is 36.6 Å². The Morgan fingerprint density at radius 1 is 1.06 bits per heavy atom. The zero-order chi connectivity index (χ0) is 25.3. The minimum absolute atomic E-state index is 0.135. The number of benzene rings is 2. The van der Waals surface area contributed by atoms with E-state index in [2.05, 4.69) is 10.6 Å². The van der Waals surface area contributed by atoms with Gasteiger partial charge in [0.1, 0.15) is 5.92 Å². The lowest BCUT2D eigenvalue weighted by Crippen LogP contribution is -2.63. The molecule has 0 spiro atoms. The van der Waals surface area contributed by atoms with Crippen molar-refractivity contribution in [1.82, 2.24) is 5.32 Å². The standard InChI is InChI=1S/C27H28N4O4S/c1-31-21-13-6-5-8-18(21)15-28-27(25(31)34,19-10-3-2-4-11-19)30-26(35)29-20-12-7-9-17(14-20)23-22(32)16-36-24(23)33/h5-9,12-15,19,23H,2-4,10-11,16H2,1H3,(H2,29,30,35). The zero-order valence-corrected chi connectivity index (χ0v) is 20.8. The molecule has 1 aliphatic carbocycles.